The van der Waals surface area contributed by atoms with E-state index in [2.05, 4.69) is 15.5 Å². The number of unbranched alkanes of at least 4 members (excludes halogenated alkanes) is 1. The summed E-state index contributed by atoms with van der Waals surface area (Å²) < 4.78 is 35.0. The Hall–Kier alpha value is -1.12. The molecule has 0 aromatic heterocycles. The van der Waals surface area contributed by atoms with E-state index in [1.807, 2.05) is 56.7 Å². The number of carbonyl (C=O) groups is 6. The molecule has 4 atom stereocenters. The fraction of sp³-hybridized carbons (Fsp3) is 0.857. The van der Waals surface area contributed by atoms with Gasteiger partial charge < -0.3 is 44.0 Å². The molecule has 19 heteroatoms. The van der Waals surface area contributed by atoms with Crippen molar-refractivity contribution >= 4 is 83.8 Å². The second kappa shape index (κ2) is 32.5. The predicted molar refractivity (Wildman–Crippen MR) is 257 cm³/mol. The van der Waals surface area contributed by atoms with Crippen LogP contribution in [0.2, 0.25) is 0 Å². The van der Waals surface area contributed by atoms with Gasteiger partial charge in [0.1, 0.15) is 26.4 Å². The molecule has 2 amide bonds. The highest BCUT2D eigenvalue weighted by Gasteiger charge is 2.41. The summed E-state index contributed by atoms with van der Waals surface area (Å²) in [5, 5.41) is 5.60. The van der Waals surface area contributed by atoms with Crippen LogP contribution >= 0.6 is 48.3 Å². The standard InChI is InChI=1S/C42H79IN3O12P3/c1-39(2,29-59-9)36(50)56-26-42(27-57-37(51)40(3,4)30-60-10,28-58-38(52)41(5,6)31-61-11)25-55-24-35(49)44-17-20-54-22-21-53-19-14-16-33(47)32(45-34(48)23-43)15-12-13-18-46(7)8/h32,59-61H,12-31H2,1-11H3,(H,44,49)(H,45,48). The molecular weight excluding hydrogens is 958 g/mol. The van der Waals surface area contributed by atoms with Crippen LogP contribution in [-0.2, 0) is 57.2 Å². The maximum atomic E-state index is 13.3. The van der Waals surface area contributed by atoms with Crippen LogP contribution in [0, 0.1) is 21.7 Å². The number of nitrogens with zero attached hydrogens (tertiary/aromatic N) is 1. The van der Waals surface area contributed by atoms with Crippen LogP contribution < -0.4 is 10.6 Å². The van der Waals surface area contributed by atoms with Crippen molar-refractivity contribution in [1.82, 2.24) is 15.5 Å². The highest BCUT2D eigenvalue weighted by Crippen LogP contribution is 2.31. The highest BCUT2D eigenvalue weighted by molar-refractivity contribution is 14.1. The number of hydrogen-bond donors (Lipinski definition) is 2. The summed E-state index contributed by atoms with van der Waals surface area (Å²) in [6, 6.07) is -0.482. The Morgan fingerprint density at radius 1 is 0.623 bits per heavy atom. The predicted octanol–water partition coefficient (Wildman–Crippen LogP) is 4.77. The van der Waals surface area contributed by atoms with Gasteiger partial charge in [0.05, 0.1) is 58.6 Å². The zero-order valence-corrected chi connectivity index (χ0v) is 44.1. The summed E-state index contributed by atoms with van der Waals surface area (Å²) in [5.41, 5.74) is -3.59. The first-order valence-corrected chi connectivity index (χ1v) is 27.7. The summed E-state index contributed by atoms with van der Waals surface area (Å²) in [6.45, 7) is 17.8. The van der Waals surface area contributed by atoms with Gasteiger partial charge in [-0.25, -0.2) is 0 Å². The van der Waals surface area contributed by atoms with Crippen LogP contribution in [0.1, 0.15) is 73.6 Å². The fourth-order valence-corrected chi connectivity index (χ4v) is 9.18. The normalized spacial score (nSPS) is 14.2. The van der Waals surface area contributed by atoms with Crippen LogP contribution in [0.5, 0.6) is 0 Å². The van der Waals surface area contributed by atoms with Gasteiger partial charge in [0.2, 0.25) is 11.8 Å². The number of esters is 3. The smallest absolute Gasteiger partial charge is 0.311 e. The van der Waals surface area contributed by atoms with E-state index >= 15 is 0 Å². The molecule has 0 fully saturated rings. The van der Waals surface area contributed by atoms with Crippen molar-refractivity contribution in [3.8, 4) is 0 Å². The number of Topliss-reactive ketones (excluding diaryl/α,β-unsaturated/α-hetero) is 1. The molecule has 0 aliphatic heterocycles. The second-order valence-corrected chi connectivity index (χ2v) is 21.6. The Bertz CT molecular complexity index is 1240. The summed E-state index contributed by atoms with van der Waals surface area (Å²) in [5.74, 6) is -1.87. The number of ether oxygens (including phenoxy) is 6. The van der Waals surface area contributed by atoms with Crippen molar-refractivity contribution in [2.45, 2.75) is 79.7 Å². The Kier molecular flexibility index (Phi) is 31.9. The van der Waals surface area contributed by atoms with E-state index < -0.39 is 51.5 Å². The highest BCUT2D eigenvalue weighted by atomic mass is 127. The summed E-state index contributed by atoms with van der Waals surface area (Å²) in [4.78, 5) is 79.5. The molecule has 0 spiro atoms. The third-order valence-electron chi connectivity index (χ3n) is 9.53. The minimum absolute atomic E-state index is 0.00807. The summed E-state index contributed by atoms with van der Waals surface area (Å²) >= 11 is 1.99. The van der Waals surface area contributed by atoms with E-state index in [1.54, 1.807) is 41.5 Å². The quantitative estimate of drug-likeness (QED) is 0.0217. The Labute approximate surface area is 385 Å². The molecule has 0 heterocycles. The number of nitrogens with one attached hydrogen (secondary N) is 2. The summed E-state index contributed by atoms with van der Waals surface area (Å²) in [7, 11) is 5.58. The number of ketones is 1. The second-order valence-electron chi connectivity index (χ2n) is 17.7. The molecule has 0 aromatic rings. The third kappa shape index (κ3) is 27.1. The first-order valence-electron chi connectivity index (χ1n) is 21.1. The molecule has 0 rings (SSSR count). The molecule has 0 saturated heterocycles. The molecule has 0 aromatic carbocycles. The SMILES string of the molecule is CPCC(C)(C)C(=O)OCC(COCC(=O)NCCOCCOCCCC(=O)C(CCCCN(C)C)NC(=O)CI)(COC(=O)C(C)(C)CPC)COC(=O)C(C)(C)CPC. The number of alkyl halides is 1. The molecular formula is C42H79IN3O12P3. The Balaban J connectivity index is 5.26. The zero-order chi connectivity index (χ0) is 46.5. The first-order chi connectivity index (χ1) is 28.6. The molecule has 0 bridgehead atoms. The minimum Gasteiger partial charge on any atom is -0.464 e. The lowest BCUT2D eigenvalue weighted by Crippen LogP contribution is -2.47. The van der Waals surface area contributed by atoms with Crippen molar-refractivity contribution < 1.29 is 57.2 Å². The lowest BCUT2D eigenvalue weighted by molar-refractivity contribution is -0.177. The van der Waals surface area contributed by atoms with E-state index in [4.69, 9.17) is 28.4 Å². The van der Waals surface area contributed by atoms with Crippen molar-refractivity contribution in [2.75, 3.05) is 130 Å². The average Bonchev–Trinajstić information content (AvgIpc) is 3.19. The number of hydrogen-bond acceptors (Lipinski definition) is 13. The van der Waals surface area contributed by atoms with Crippen LogP contribution in [0.4, 0.5) is 0 Å². The number of amides is 2. The van der Waals surface area contributed by atoms with Crippen molar-refractivity contribution in [3.63, 3.8) is 0 Å². The molecule has 0 saturated carbocycles. The number of carbonyl (C=O) groups excluding carboxylic acids is 6. The van der Waals surface area contributed by atoms with Gasteiger partial charge in [-0.05, 0) is 126 Å². The van der Waals surface area contributed by atoms with Crippen LogP contribution in [-0.4, -0.2) is 176 Å². The number of halogens is 1. The van der Waals surface area contributed by atoms with E-state index in [1.165, 1.54) is 0 Å². The van der Waals surface area contributed by atoms with Gasteiger partial charge >= 0.3 is 17.9 Å². The maximum absolute atomic E-state index is 13.3. The van der Waals surface area contributed by atoms with Gasteiger partial charge in [-0.1, -0.05) is 22.6 Å². The molecule has 4 unspecified atom stereocenters. The molecule has 0 aliphatic carbocycles. The summed E-state index contributed by atoms with van der Waals surface area (Å²) in [6.07, 6.45) is 5.12. The van der Waals surface area contributed by atoms with Gasteiger partial charge in [0, 0.05) is 19.6 Å². The van der Waals surface area contributed by atoms with E-state index in [0.29, 0.717) is 87.7 Å². The number of rotatable bonds is 37. The van der Waals surface area contributed by atoms with Crippen molar-refractivity contribution in [1.29, 1.82) is 0 Å². The van der Waals surface area contributed by atoms with Gasteiger partial charge in [-0.3, -0.25) is 28.8 Å². The average molecular weight is 1040 g/mol. The van der Waals surface area contributed by atoms with Gasteiger partial charge in [-0.15, -0.1) is 25.7 Å². The van der Waals surface area contributed by atoms with Gasteiger partial charge in [0.25, 0.3) is 0 Å². The van der Waals surface area contributed by atoms with E-state index in [0.717, 1.165) is 19.4 Å². The van der Waals surface area contributed by atoms with Crippen molar-refractivity contribution in [3.05, 3.63) is 0 Å². The van der Waals surface area contributed by atoms with Gasteiger partial charge in [-0.2, -0.15) is 0 Å². The molecule has 0 aliphatic rings. The molecule has 2 N–H and O–H groups in total. The van der Waals surface area contributed by atoms with E-state index in [9.17, 15) is 28.8 Å². The van der Waals surface area contributed by atoms with Crippen molar-refractivity contribution in [2.24, 2.45) is 21.7 Å². The lowest BCUT2D eigenvalue weighted by atomic mass is 9.90. The first kappa shape index (κ1) is 59.9. The molecule has 0 radical (unpaired) electrons. The lowest BCUT2D eigenvalue weighted by Gasteiger charge is -2.35. The maximum Gasteiger partial charge on any atom is 0.311 e. The van der Waals surface area contributed by atoms with Gasteiger partial charge in [0.15, 0.2) is 5.78 Å². The van der Waals surface area contributed by atoms with Crippen LogP contribution in [0.15, 0.2) is 0 Å². The fourth-order valence-electron chi connectivity index (χ4n) is 5.88. The van der Waals surface area contributed by atoms with Crippen LogP contribution in [0.25, 0.3) is 0 Å². The van der Waals surface area contributed by atoms with E-state index in [-0.39, 0.29) is 57.9 Å². The molecule has 356 valence electrons. The monoisotopic (exact) mass is 1040 g/mol. The van der Waals surface area contributed by atoms with Crippen LogP contribution in [0.3, 0.4) is 0 Å². The minimum atomic E-state index is -1.30. The topological polar surface area (TPSA) is 185 Å². The molecule has 15 nitrogen and oxygen atoms in total. The third-order valence-corrected chi connectivity index (χ3v) is 13.9. The molecule has 61 heavy (non-hydrogen) atoms. The Morgan fingerprint density at radius 2 is 1.10 bits per heavy atom. The largest absolute Gasteiger partial charge is 0.464 e. The Morgan fingerprint density at radius 3 is 1.54 bits per heavy atom. The zero-order valence-electron chi connectivity index (χ0n) is 38.9.